The average Bonchev–Trinajstić information content (AvgIpc) is 3.17. The van der Waals surface area contributed by atoms with Crippen LogP contribution in [-0.4, -0.2) is 63.0 Å². The van der Waals surface area contributed by atoms with Gasteiger partial charge in [0.05, 0.1) is 17.4 Å². The van der Waals surface area contributed by atoms with E-state index in [0.717, 1.165) is 48.8 Å². The number of hydrogen-bond donors (Lipinski definition) is 1. The van der Waals surface area contributed by atoms with Crippen LogP contribution in [0.2, 0.25) is 5.02 Å². The van der Waals surface area contributed by atoms with Crippen molar-refractivity contribution in [2.45, 2.75) is 26.4 Å². The molecule has 1 aromatic heterocycles. The van der Waals surface area contributed by atoms with Crippen LogP contribution in [0, 0.1) is 0 Å². The summed E-state index contributed by atoms with van der Waals surface area (Å²) in [7, 11) is 0. The van der Waals surface area contributed by atoms with Crippen molar-refractivity contribution in [1.29, 1.82) is 0 Å². The lowest BCUT2D eigenvalue weighted by atomic mass is 10.1. The maximum absolute atomic E-state index is 13.3. The van der Waals surface area contributed by atoms with Crippen molar-refractivity contribution in [1.82, 2.24) is 24.9 Å². The second-order valence-electron chi connectivity index (χ2n) is 7.74. The molecule has 1 fully saturated rings. The minimum Gasteiger partial charge on any atom is -0.345 e. The maximum atomic E-state index is 13.3. The van der Waals surface area contributed by atoms with Crippen LogP contribution in [0.4, 0.5) is 0 Å². The van der Waals surface area contributed by atoms with E-state index in [0.29, 0.717) is 5.56 Å². The maximum Gasteiger partial charge on any atom is 0.268 e. The van der Waals surface area contributed by atoms with Crippen molar-refractivity contribution < 1.29 is 4.79 Å². The lowest BCUT2D eigenvalue weighted by Crippen LogP contribution is -2.57. The molecule has 152 valence electrons. The third kappa shape index (κ3) is 4.45. The molecule has 1 aliphatic heterocycles. The molecule has 29 heavy (non-hydrogen) atoms. The van der Waals surface area contributed by atoms with Gasteiger partial charge < -0.3 is 4.98 Å². The standard InChI is InChI=1S/C22H26ClN5O/c1-16(2)28(22(29)18-6-7-20-21(13-18)25-15-24-20)27-10-8-26(9-11-27)14-17-4-3-5-19(23)12-17/h3-7,12-13,15-16H,8-11,14H2,1-2H3,(H,24,25). The number of piperazine rings is 1. The molecule has 1 aliphatic rings. The first-order valence-electron chi connectivity index (χ1n) is 9.99. The Balaban J connectivity index is 1.43. The highest BCUT2D eigenvalue weighted by atomic mass is 35.5. The van der Waals surface area contributed by atoms with Crippen molar-refractivity contribution in [3.8, 4) is 0 Å². The summed E-state index contributed by atoms with van der Waals surface area (Å²) in [6, 6.07) is 13.7. The van der Waals surface area contributed by atoms with Gasteiger partial charge in [-0.2, -0.15) is 0 Å². The minimum atomic E-state index is 0.0276. The molecule has 0 atom stereocenters. The molecule has 0 aliphatic carbocycles. The van der Waals surface area contributed by atoms with Gasteiger partial charge in [-0.1, -0.05) is 23.7 Å². The molecule has 0 unspecified atom stereocenters. The lowest BCUT2D eigenvalue weighted by molar-refractivity contribution is -0.0549. The Kier molecular flexibility index (Phi) is 5.85. The van der Waals surface area contributed by atoms with Crippen molar-refractivity contribution in [2.75, 3.05) is 26.2 Å². The highest BCUT2D eigenvalue weighted by molar-refractivity contribution is 6.30. The van der Waals surface area contributed by atoms with Gasteiger partial charge in [-0.3, -0.25) is 14.7 Å². The lowest BCUT2D eigenvalue weighted by Gasteiger charge is -2.43. The number of carbonyl (C=O) groups is 1. The topological polar surface area (TPSA) is 55.5 Å². The first-order valence-corrected chi connectivity index (χ1v) is 10.4. The van der Waals surface area contributed by atoms with Gasteiger partial charge in [0.25, 0.3) is 5.91 Å². The largest absolute Gasteiger partial charge is 0.345 e. The van der Waals surface area contributed by atoms with E-state index < -0.39 is 0 Å². The van der Waals surface area contributed by atoms with Crippen LogP contribution in [0.15, 0.2) is 48.8 Å². The van der Waals surface area contributed by atoms with E-state index in [1.807, 2.05) is 41.4 Å². The number of rotatable bonds is 5. The van der Waals surface area contributed by atoms with Crippen LogP contribution in [0.25, 0.3) is 11.0 Å². The Morgan fingerprint density at radius 1 is 1.17 bits per heavy atom. The minimum absolute atomic E-state index is 0.0276. The summed E-state index contributed by atoms with van der Waals surface area (Å²) in [6.07, 6.45) is 1.65. The van der Waals surface area contributed by atoms with Crippen LogP contribution >= 0.6 is 11.6 Å². The van der Waals surface area contributed by atoms with E-state index in [4.69, 9.17) is 11.6 Å². The highest BCUT2D eigenvalue weighted by Crippen LogP contribution is 2.19. The van der Waals surface area contributed by atoms with Gasteiger partial charge in [0.1, 0.15) is 0 Å². The summed E-state index contributed by atoms with van der Waals surface area (Å²) in [5.74, 6) is 0.0276. The predicted molar refractivity (Wildman–Crippen MR) is 116 cm³/mol. The van der Waals surface area contributed by atoms with Crippen LogP contribution in [0.3, 0.4) is 0 Å². The number of aromatic amines is 1. The number of benzene rings is 2. The molecule has 7 heteroatoms. The predicted octanol–water partition coefficient (Wildman–Crippen LogP) is 3.80. The molecule has 1 saturated heterocycles. The Morgan fingerprint density at radius 2 is 1.97 bits per heavy atom. The molecular weight excluding hydrogens is 386 g/mol. The molecule has 0 spiro atoms. The summed E-state index contributed by atoms with van der Waals surface area (Å²) in [5, 5.41) is 4.85. The number of amides is 1. The molecule has 1 amide bonds. The number of nitrogens with one attached hydrogen (secondary N) is 1. The van der Waals surface area contributed by atoms with Gasteiger partial charge in [-0.25, -0.2) is 9.99 Å². The molecule has 0 radical (unpaired) electrons. The second-order valence-corrected chi connectivity index (χ2v) is 8.17. The number of aromatic nitrogens is 2. The fourth-order valence-corrected chi connectivity index (χ4v) is 4.11. The molecule has 0 saturated carbocycles. The van der Waals surface area contributed by atoms with E-state index in [2.05, 4.69) is 39.8 Å². The van der Waals surface area contributed by atoms with Gasteiger partial charge in [-0.15, -0.1) is 0 Å². The normalized spacial score (nSPS) is 15.9. The number of imidazole rings is 1. The third-order valence-electron chi connectivity index (χ3n) is 5.31. The number of hydrazine groups is 1. The number of hydrogen-bond acceptors (Lipinski definition) is 4. The smallest absolute Gasteiger partial charge is 0.268 e. The van der Waals surface area contributed by atoms with E-state index in [1.54, 1.807) is 6.33 Å². The second kappa shape index (κ2) is 8.53. The number of fused-ring (bicyclic) bond motifs is 1. The Hall–Kier alpha value is -2.41. The number of nitrogens with zero attached hydrogens (tertiary/aromatic N) is 4. The average molecular weight is 412 g/mol. The van der Waals surface area contributed by atoms with Crippen LogP contribution in [0.5, 0.6) is 0 Å². The first-order chi connectivity index (χ1) is 14.0. The van der Waals surface area contributed by atoms with E-state index in [-0.39, 0.29) is 11.9 Å². The van der Waals surface area contributed by atoms with Crippen molar-refractivity contribution >= 4 is 28.5 Å². The zero-order valence-corrected chi connectivity index (χ0v) is 17.6. The summed E-state index contributed by atoms with van der Waals surface area (Å²) in [5.41, 5.74) is 3.64. The number of carbonyl (C=O) groups excluding carboxylic acids is 1. The zero-order valence-electron chi connectivity index (χ0n) is 16.8. The van der Waals surface area contributed by atoms with Crippen molar-refractivity contribution in [3.63, 3.8) is 0 Å². The van der Waals surface area contributed by atoms with Crippen molar-refractivity contribution in [2.24, 2.45) is 0 Å². The summed E-state index contributed by atoms with van der Waals surface area (Å²) in [6.45, 7) is 8.44. The van der Waals surface area contributed by atoms with E-state index in [9.17, 15) is 4.79 Å². The molecule has 4 rings (SSSR count). The van der Waals surface area contributed by atoms with Crippen molar-refractivity contribution in [3.05, 3.63) is 64.9 Å². The van der Waals surface area contributed by atoms with Crippen LogP contribution in [-0.2, 0) is 6.54 Å². The SMILES string of the molecule is CC(C)N(C(=O)c1ccc2nc[nH]c2c1)N1CCN(Cc2cccc(Cl)c2)CC1. The Bertz CT molecular complexity index is 994. The molecule has 2 aromatic carbocycles. The fraction of sp³-hybridized carbons (Fsp3) is 0.364. The molecule has 0 bridgehead atoms. The molecular formula is C22H26ClN5O. The van der Waals surface area contributed by atoms with E-state index in [1.165, 1.54) is 5.56 Å². The first kappa shape index (κ1) is 19.9. The highest BCUT2D eigenvalue weighted by Gasteiger charge is 2.28. The monoisotopic (exact) mass is 411 g/mol. The quantitative estimate of drug-likeness (QED) is 0.693. The molecule has 2 heterocycles. The van der Waals surface area contributed by atoms with Gasteiger partial charge in [0, 0.05) is 49.4 Å². The van der Waals surface area contributed by atoms with Gasteiger partial charge in [0.15, 0.2) is 0 Å². The molecule has 6 nitrogen and oxygen atoms in total. The van der Waals surface area contributed by atoms with E-state index >= 15 is 0 Å². The third-order valence-corrected chi connectivity index (χ3v) is 5.55. The van der Waals surface area contributed by atoms with Crippen LogP contribution < -0.4 is 0 Å². The Morgan fingerprint density at radius 3 is 2.69 bits per heavy atom. The Labute approximate surface area is 176 Å². The summed E-state index contributed by atoms with van der Waals surface area (Å²) < 4.78 is 0. The molecule has 3 aromatic rings. The van der Waals surface area contributed by atoms with Crippen LogP contribution in [0.1, 0.15) is 29.8 Å². The zero-order chi connectivity index (χ0) is 20.4. The van der Waals surface area contributed by atoms with Gasteiger partial charge in [-0.05, 0) is 49.7 Å². The molecule has 1 N–H and O–H groups in total. The van der Waals surface area contributed by atoms with Gasteiger partial charge in [0.2, 0.25) is 0 Å². The number of halogens is 1. The number of H-pyrrole nitrogens is 1. The summed E-state index contributed by atoms with van der Waals surface area (Å²) >= 11 is 6.11. The van der Waals surface area contributed by atoms with Gasteiger partial charge >= 0.3 is 0 Å². The fourth-order valence-electron chi connectivity index (χ4n) is 3.89. The summed E-state index contributed by atoms with van der Waals surface area (Å²) in [4.78, 5) is 23.0.